The molecule has 0 radical (unpaired) electrons. The maximum absolute atomic E-state index is 5.22. The van der Waals surface area contributed by atoms with Crippen molar-refractivity contribution in [3.8, 4) is 11.5 Å². The standard InChI is InChI=1S/C13H16N4O2S/c1-4-12-15-16-13(20)17(12)14-8-9-5-10(18-2)7-11(6-9)19-3/h5-8H,4H2,1-3H3,(H,16,20). The monoisotopic (exact) mass is 292 g/mol. The Bertz CT molecular complexity index is 653. The third kappa shape index (κ3) is 3.05. The van der Waals surface area contributed by atoms with E-state index in [-0.39, 0.29) is 0 Å². The van der Waals surface area contributed by atoms with Crippen molar-refractivity contribution >= 4 is 18.4 Å². The number of rotatable bonds is 5. The van der Waals surface area contributed by atoms with Gasteiger partial charge in [-0.2, -0.15) is 14.9 Å². The maximum atomic E-state index is 5.22. The van der Waals surface area contributed by atoms with Gasteiger partial charge >= 0.3 is 0 Å². The number of nitrogens with zero attached hydrogens (tertiary/aromatic N) is 3. The van der Waals surface area contributed by atoms with Crippen molar-refractivity contribution in [2.75, 3.05) is 14.2 Å². The molecule has 0 aliphatic carbocycles. The van der Waals surface area contributed by atoms with E-state index in [1.54, 1.807) is 31.2 Å². The van der Waals surface area contributed by atoms with E-state index in [0.717, 1.165) is 17.8 Å². The lowest BCUT2D eigenvalue weighted by molar-refractivity contribution is 0.394. The van der Waals surface area contributed by atoms with Gasteiger partial charge in [0.25, 0.3) is 0 Å². The minimum atomic E-state index is 0.466. The van der Waals surface area contributed by atoms with Crippen molar-refractivity contribution in [2.45, 2.75) is 13.3 Å². The largest absolute Gasteiger partial charge is 0.497 e. The highest BCUT2D eigenvalue weighted by Crippen LogP contribution is 2.21. The molecule has 2 rings (SSSR count). The number of nitrogens with one attached hydrogen (secondary N) is 1. The molecule has 2 aromatic rings. The first-order valence-corrected chi connectivity index (χ1v) is 6.52. The van der Waals surface area contributed by atoms with Crippen molar-refractivity contribution in [3.05, 3.63) is 34.4 Å². The van der Waals surface area contributed by atoms with Crippen LogP contribution in [0.4, 0.5) is 0 Å². The SMILES string of the molecule is CCc1n[nH]c(=S)n1N=Cc1cc(OC)cc(OC)c1. The summed E-state index contributed by atoms with van der Waals surface area (Å²) >= 11 is 5.13. The van der Waals surface area contributed by atoms with Crippen molar-refractivity contribution in [1.29, 1.82) is 0 Å². The molecule has 7 heteroatoms. The minimum absolute atomic E-state index is 0.466. The summed E-state index contributed by atoms with van der Waals surface area (Å²) in [7, 11) is 3.22. The predicted molar refractivity (Wildman–Crippen MR) is 79.3 cm³/mol. The van der Waals surface area contributed by atoms with Gasteiger partial charge in [0.05, 0.1) is 20.4 Å². The zero-order chi connectivity index (χ0) is 14.5. The number of methoxy groups -OCH3 is 2. The van der Waals surface area contributed by atoms with E-state index in [1.807, 2.05) is 19.1 Å². The molecule has 0 amide bonds. The maximum Gasteiger partial charge on any atom is 0.216 e. The van der Waals surface area contributed by atoms with Gasteiger partial charge in [-0.05, 0) is 24.4 Å². The fraction of sp³-hybridized carbons (Fsp3) is 0.308. The molecule has 0 saturated heterocycles. The van der Waals surface area contributed by atoms with Gasteiger partial charge in [0.1, 0.15) is 11.5 Å². The van der Waals surface area contributed by atoms with Gasteiger partial charge in [-0.15, -0.1) is 0 Å². The van der Waals surface area contributed by atoms with E-state index in [9.17, 15) is 0 Å². The number of aryl methyl sites for hydroxylation is 1. The van der Waals surface area contributed by atoms with Crippen molar-refractivity contribution in [2.24, 2.45) is 5.10 Å². The Labute approximate surface area is 122 Å². The summed E-state index contributed by atoms with van der Waals surface area (Å²) in [6.45, 7) is 1.99. The minimum Gasteiger partial charge on any atom is -0.497 e. The first-order chi connectivity index (χ1) is 9.67. The zero-order valence-electron chi connectivity index (χ0n) is 11.6. The van der Waals surface area contributed by atoms with E-state index in [0.29, 0.717) is 16.3 Å². The summed E-state index contributed by atoms with van der Waals surface area (Å²) < 4.78 is 12.5. The van der Waals surface area contributed by atoms with Crippen LogP contribution in [0, 0.1) is 4.77 Å². The van der Waals surface area contributed by atoms with Gasteiger partial charge < -0.3 is 9.47 Å². The normalized spacial score (nSPS) is 10.9. The number of hydrogen-bond acceptors (Lipinski definition) is 5. The highest BCUT2D eigenvalue weighted by Gasteiger charge is 2.03. The molecule has 0 unspecified atom stereocenters. The predicted octanol–water partition coefficient (Wildman–Crippen LogP) is 2.40. The van der Waals surface area contributed by atoms with Gasteiger partial charge in [-0.1, -0.05) is 6.92 Å². The first kappa shape index (κ1) is 14.3. The van der Waals surface area contributed by atoms with Crippen molar-refractivity contribution in [1.82, 2.24) is 14.9 Å². The van der Waals surface area contributed by atoms with Crippen LogP contribution in [-0.4, -0.2) is 35.3 Å². The van der Waals surface area contributed by atoms with E-state index in [4.69, 9.17) is 21.7 Å². The van der Waals surface area contributed by atoms with E-state index in [2.05, 4.69) is 15.3 Å². The van der Waals surface area contributed by atoms with Gasteiger partial charge in [-0.25, -0.2) is 0 Å². The van der Waals surface area contributed by atoms with Gasteiger partial charge in [0.2, 0.25) is 4.77 Å². The van der Waals surface area contributed by atoms with Crippen LogP contribution < -0.4 is 9.47 Å². The Morgan fingerprint density at radius 1 is 1.30 bits per heavy atom. The van der Waals surface area contributed by atoms with Crippen LogP contribution in [0.3, 0.4) is 0 Å². The summed E-state index contributed by atoms with van der Waals surface area (Å²) in [4.78, 5) is 0. The molecule has 1 aromatic heterocycles. The Hall–Kier alpha value is -2.15. The molecule has 106 valence electrons. The van der Waals surface area contributed by atoms with Crippen molar-refractivity contribution < 1.29 is 9.47 Å². The van der Waals surface area contributed by atoms with Crippen LogP contribution in [0.1, 0.15) is 18.3 Å². The fourth-order valence-corrected chi connectivity index (χ4v) is 1.90. The lowest BCUT2D eigenvalue weighted by Gasteiger charge is -2.05. The van der Waals surface area contributed by atoms with Crippen molar-refractivity contribution in [3.63, 3.8) is 0 Å². The molecule has 0 aliphatic heterocycles. The van der Waals surface area contributed by atoms with Gasteiger partial charge in [0.15, 0.2) is 5.82 Å². The molecule has 1 N–H and O–H groups in total. The second-order valence-electron chi connectivity index (χ2n) is 4.00. The smallest absolute Gasteiger partial charge is 0.216 e. The number of aromatic amines is 1. The number of H-pyrrole nitrogens is 1. The molecule has 0 aliphatic rings. The summed E-state index contributed by atoms with van der Waals surface area (Å²) in [5, 5.41) is 11.2. The molecule has 6 nitrogen and oxygen atoms in total. The lowest BCUT2D eigenvalue weighted by Crippen LogP contribution is -1.98. The molecular weight excluding hydrogens is 276 g/mol. The fourth-order valence-electron chi connectivity index (χ4n) is 1.70. The molecular formula is C13H16N4O2S. The van der Waals surface area contributed by atoms with Gasteiger partial charge in [-0.3, -0.25) is 5.10 Å². The average molecular weight is 292 g/mol. The highest BCUT2D eigenvalue weighted by molar-refractivity contribution is 7.71. The van der Waals surface area contributed by atoms with Crippen LogP contribution in [0.15, 0.2) is 23.3 Å². The second-order valence-corrected chi connectivity index (χ2v) is 4.39. The molecule has 0 atom stereocenters. The second kappa shape index (κ2) is 6.33. The summed E-state index contributed by atoms with van der Waals surface area (Å²) in [6, 6.07) is 5.53. The summed E-state index contributed by atoms with van der Waals surface area (Å²) in [5.41, 5.74) is 0.853. The molecule has 0 spiro atoms. The Morgan fingerprint density at radius 3 is 2.50 bits per heavy atom. The Balaban J connectivity index is 2.35. The van der Waals surface area contributed by atoms with E-state index < -0.39 is 0 Å². The number of benzene rings is 1. The Morgan fingerprint density at radius 2 is 1.95 bits per heavy atom. The molecule has 1 aromatic carbocycles. The third-order valence-electron chi connectivity index (χ3n) is 2.73. The quantitative estimate of drug-likeness (QED) is 0.679. The molecule has 0 saturated carbocycles. The van der Waals surface area contributed by atoms with E-state index in [1.165, 1.54) is 0 Å². The zero-order valence-corrected chi connectivity index (χ0v) is 12.4. The van der Waals surface area contributed by atoms with Crippen LogP contribution in [0.25, 0.3) is 0 Å². The molecule has 20 heavy (non-hydrogen) atoms. The van der Waals surface area contributed by atoms with Crippen LogP contribution >= 0.6 is 12.2 Å². The highest BCUT2D eigenvalue weighted by atomic mass is 32.1. The molecule has 0 fully saturated rings. The molecule has 1 heterocycles. The summed E-state index contributed by atoms with van der Waals surface area (Å²) in [6.07, 6.45) is 2.43. The first-order valence-electron chi connectivity index (χ1n) is 6.11. The average Bonchev–Trinajstić information content (AvgIpc) is 2.84. The number of aromatic nitrogens is 3. The van der Waals surface area contributed by atoms with Crippen LogP contribution in [0.5, 0.6) is 11.5 Å². The van der Waals surface area contributed by atoms with Gasteiger partial charge in [0, 0.05) is 18.1 Å². The Kier molecular flexibility index (Phi) is 4.52. The van der Waals surface area contributed by atoms with Crippen LogP contribution in [0.2, 0.25) is 0 Å². The summed E-state index contributed by atoms with van der Waals surface area (Å²) in [5.74, 6) is 2.19. The number of hydrogen-bond donors (Lipinski definition) is 1. The lowest BCUT2D eigenvalue weighted by atomic mass is 10.2. The molecule has 0 bridgehead atoms. The number of ether oxygens (including phenoxy) is 2. The van der Waals surface area contributed by atoms with E-state index >= 15 is 0 Å². The van der Waals surface area contributed by atoms with Crippen LogP contribution in [-0.2, 0) is 6.42 Å². The topological polar surface area (TPSA) is 64.4 Å². The third-order valence-corrected chi connectivity index (χ3v) is 2.99.